The molecular formula is C19H19BrN2. The highest BCUT2D eigenvalue weighted by Gasteiger charge is 2.07. The van der Waals surface area contributed by atoms with Gasteiger partial charge in [-0.15, -0.1) is 0 Å². The van der Waals surface area contributed by atoms with Crippen LogP contribution in [0.1, 0.15) is 31.2 Å². The van der Waals surface area contributed by atoms with Crippen LogP contribution in [-0.4, -0.2) is 9.55 Å². The van der Waals surface area contributed by atoms with Crippen molar-refractivity contribution in [2.75, 3.05) is 0 Å². The normalized spacial score (nSPS) is 11.5. The molecule has 0 amide bonds. The number of halogens is 1. The molecule has 0 unspecified atom stereocenters. The molecule has 0 radical (unpaired) electrons. The summed E-state index contributed by atoms with van der Waals surface area (Å²) < 4.78 is 3.40. The number of nitrogens with zero attached hydrogens (tertiary/aromatic N) is 2. The molecule has 0 saturated carbocycles. The van der Waals surface area contributed by atoms with Crippen molar-refractivity contribution in [3.63, 3.8) is 0 Å². The first-order valence-electron chi connectivity index (χ1n) is 7.67. The van der Waals surface area contributed by atoms with Crippen LogP contribution in [0.4, 0.5) is 0 Å². The number of aryl methyl sites for hydroxylation is 1. The van der Waals surface area contributed by atoms with Crippen molar-refractivity contribution in [3.05, 3.63) is 64.4 Å². The standard InChI is InChI=1S/C19H19BrN2/c1-2-3-13-22-18-10-5-4-9-17(18)21-19(22)12-11-15-7-6-8-16(20)14-15/h4-12,14H,2-3,13H2,1H3/b12-11-. The topological polar surface area (TPSA) is 17.8 Å². The van der Waals surface area contributed by atoms with Gasteiger partial charge in [-0.25, -0.2) is 4.98 Å². The number of para-hydroxylation sites is 2. The molecule has 0 N–H and O–H groups in total. The summed E-state index contributed by atoms with van der Waals surface area (Å²) in [5.41, 5.74) is 3.45. The fraction of sp³-hybridized carbons (Fsp3) is 0.211. The molecule has 1 aromatic heterocycles. The first kappa shape index (κ1) is 15.0. The molecule has 0 fully saturated rings. The van der Waals surface area contributed by atoms with Gasteiger partial charge in [-0.05, 0) is 42.3 Å². The van der Waals surface area contributed by atoms with Gasteiger partial charge in [0.1, 0.15) is 5.82 Å². The van der Waals surface area contributed by atoms with E-state index >= 15 is 0 Å². The Bertz CT molecular complexity index is 802. The van der Waals surface area contributed by atoms with Gasteiger partial charge in [0.15, 0.2) is 0 Å². The number of aromatic nitrogens is 2. The molecule has 3 aromatic rings. The van der Waals surface area contributed by atoms with Gasteiger partial charge in [0, 0.05) is 11.0 Å². The fourth-order valence-corrected chi connectivity index (χ4v) is 2.97. The van der Waals surface area contributed by atoms with Crippen LogP contribution in [0, 0.1) is 0 Å². The van der Waals surface area contributed by atoms with Crippen LogP contribution in [0.25, 0.3) is 23.2 Å². The lowest BCUT2D eigenvalue weighted by atomic mass is 10.2. The predicted octanol–water partition coefficient (Wildman–Crippen LogP) is 5.77. The average molecular weight is 355 g/mol. The molecular weight excluding hydrogens is 336 g/mol. The van der Waals surface area contributed by atoms with Gasteiger partial charge in [-0.1, -0.05) is 59.6 Å². The highest BCUT2D eigenvalue weighted by Crippen LogP contribution is 2.19. The molecule has 112 valence electrons. The Balaban J connectivity index is 1.98. The lowest BCUT2D eigenvalue weighted by Gasteiger charge is -2.05. The molecule has 2 aromatic carbocycles. The molecule has 0 saturated heterocycles. The van der Waals surface area contributed by atoms with E-state index in [-0.39, 0.29) is 0 Å². The minimum atomic E-state index is 1.01. The first-order valence-corrected chi connectivity index (χ1v) is 8.46. The molecule has 3 rings (SSSR count). The fourth-order valence-electron chi connectivity index (χ4n) is 2.55. The van der Waals surface area contributed by atoms with Crippen molar-refractivity contribution in [2.45, 2.75) is 26.3 Å². The molecule has 0 atom stereocenters. The highest BCUT2D eigenvalue weighted by molar-refractivity contribution is 9.10. The van der Waals surface area contributed by atoms with E-state index in [1.54, 1.807) is 0 Å². The van der Waals surface area contributed by atoms with Crippen molar-refractivity contribution in [1.82, 2.24) is 9.55 Å². The molecule has 22 heavy (non-hydrogen) atoms. The Morgan fingerprint density at radius 1 is 1.09 bits per heavy atom. The van der Waals surface area contributed by atoms with Gasteiger partial charge in [0.2, 0.25) is 0 Å². The summed E-state index contributed by atoms with van der Waals surface area (Å²) >= 11 is 3.51. The molecule has 0 aliphatic carbocycles. The number of hydrogen-bond acceptors (Lipinski definition) is 1. The lowest BCUT2D eigenvalue weighted by Crippen LogP contribution is -2.00. The number of benzene rings is 2. The average Bonchev–Trinajstić information content (AvgIpc) is 2.88. The molecule has 0 spiro atoms. The highest BCUT2D eigenvalue weighted by atomic mass is 79.9. The number of imidazole rings is 1. The number of fused-ring (bicyclic) bond motifs is 1. The second kappa shape index (κ2) is 6.93. The maximum absolute atomic E-state index is 4.77. The number of hydrogen-bond donors (Lipinski definition) is 0. The molecule has 0 bridgehead atoms. The van der Waals surface area contributed by atoms with Gasteiger partial charge >= 0.3 is 0 Å². The molecule has 0 aliphatic rings. The Kier molecular flexibility index (Phi) is 4.74. The van der Waals surface area contributed by atoms with Crippen molar-refractivity contribution < 1.29 is 0 Å². The minimum Gasteiger partial charge on any atom is -0.324 e. The van der Waals surface area contributed by atoms with Crippen molar-refractivity contribution in [1.29, 1.82) is 0 Å². The van der Waals surface area contributed by atoms with Gasteiger partial charge < -0.3 is 4.57 Å². The van der Waals surface area contributed by atoms with E-state index in [1.807, 2.05) is 18.2 Å². The van der Waals surface area contributed by atoms with Crippen LogP contribution >= 0.6 is 15.9 Å². The summed E-state index contributed by atoms with van der Waals surface area (Å²) in [6.45, 7) is 3.23. The number of unbranched alkanes of at least 4 members (excludes halogenated alkanes) is 1. The Hall–Kier alpha value is -1.87. The smallest absolute Gasteiger partial charge is 0.133 e. The van der Waals surface area contributed by atoms with E-state index in [4.69, 9.17) is 4.98 Å². The van der Waals surface area contributed by atoms with E-state index in [9.17, 15) is 0 Å². The Labute approximate surface area is 139 Å². The Morgan fingerprint density at radius 2 is 1.95 bits per heavy atom. The maximum Gasteiger partial charge on any atom is 0.133 e. The van der Waals surface area contributed by atoms with Crippen LogP contribution < -0.4 is 0 Å². The third kappa shape index (κ3) is 3.30. The van der Waals surface area contributed by atoms with E-state index in [1.165, 1.54) is 17.5 Å². The minimum absolute atomic E-state index is 1.01. The first-order chi connectivity index (χ1) is 10.8. The molecule has 3 heteroatoms. The van der Waals surface area contributed by atoms with Crippen molar-refractivity contribution in [3.8, 4) is 0 Å². The number of rotatable bonds is 5. The van der Waals surface area contributed by atoms with Gasteiger partial charge in [-0.2, -0.15) is 0 Å². The zero-order chi connectivity index (χ0) is 15.4. The van der Waals surface area contributed by atoms with E-state index in [2.05, 4.69) is 69.9 Å². The third-order valence-corrected chi connectivity index (χ3v) is 4.19. The van der Waals surface area contributed by atoms with Crippen LogP contribution in [0.2, 0.25) is 0 Å². The van der Waals surface area contributed by atoms with Crippen LogP contribution in [-0.2, 0) is 6.54 Å². The largest absolute Gasteiger partial charge is 0.324 e. The van der Waals surface area contributed by atoms with Crippen molar-refractivity contribution in [2.24, 2.45) is 0 Å². The quantitative estimate of drug-likeness (QED) is 0.568. The monoisotopic (exact) mass is 354 g/mol. The summed E-state index contributed by atoms with van der Waals surface area (Å²) in [6.07, 6.45) is 6.57. The second-order valence-electron chi connectivity index (χ2n) is 5.35. The predicted molar refractivity (Wildman–Crippen MR) is 97.7 cm³/mol. The summed E-state index contributed by atoms with van der Waals surface area (Å²) in [5, 5.41) is 0. The van der Waals surface area contributed by atoms with Crippen LogP contribution in [0.5, 0.6) is 0 Å². The second-order valence-corrected chi connectivity index (χ2v) is 6.27. The zero-order valence-corrected chi connectivity index (χ0v) is 14.3. The summed E-state index contributed by atoms with van der Waals surface area (Å²) in [6, 6.07) is 16.6. The molecule has 0 aliphatic heterocycles. The van der Waals surface area contributed by atoms with Gasteiger partial charge in [-0.3, -0.25) is 0 Å². The summed E-state index contributed by atoms with van der Waals surface area (Å²) in [7, 11) is 0. The van der Waals surface area contributed by atoms with Gasteiger partial charge in [0.25, 0.3) is 0 Å². The van der Waals surface area contributed by atoms with Gasteiger partial charge in [0.05, 0.1) is 11.0 Å². The SMILES string of the molecule is CCCCn1c(/C=C\c2cccc(Br)c2)nc2ccccc21. The summed E-state index contributed by atoms with van der Waals surface area (Å²) in [5.74, 6) is 1.02. The van der Waals surface area contributed by atoms with Crippen LogP contribution in [0.15, 0.2) is 53.0 Å². The maximum atomic E-state index is 4.77. The van der Waals surface area contributed by atoms with E-state index in [0.717, 1.165) is 28.8 Å². The summed E-state index contributed by atoms with van der Waals surface area (Å²) in [4.78, 5) is 4.77. The third-order valence-electron chi connectivity index (χ3n) is 3.69. The van der Waals surface area contributed by atoms with E-state index in [0.29, 0.717) is 0 Å². The zero-order valence-electron chi connectivity index (χ0n) is 12.7. The molecule has 1 heterocycles. The van der Waals surface area contributed by atoms with Crippen molar-refractivity contribution >= 4 is 39.1 Å². The Morgan fingerprint density at radius 3 is 2.77 bits per heavy atom. The van der Waals surface area contributed by atoms with Crippen LogP contribution in [0.3, 0.4) is 0 Å². The lowest BCUT2D eigenvalue weighted by molar-refractivity contribution is 0.641. The molecule has 2 nitrogen and oxygen atoms in total. The van der Waals surface area contributed by atoms with E-state index < -0.39 is 0 Å².